The van der Waals surface area contributed by atoms with Gasteiger partial charge in [0.05, 0.1) is 6.61 Å². The molecule has 0 N–H and O–H groups in total. The van der Waals surface area contributed by atoms with Crippen molar-refractivity contribution in [1.82, 2.24) is 0 Å². The number of benzene rings is 10. The fraction of sp³-hybridized carbons (Fsp3) is 0.0877. The number of hydrogen-bond donors (Lipinski definition) is 0. The number of carbonyl (C=O) groups is 2. The molecule has 0 saturated heterocycles. The second-order valence-electron chi connectivity index (χ2n) is 16.8. The first-order valence-electron chi connectivity index (χ1n) is 20.7. The van der Waals surface area contributed by atoms with E-state index in [-0.39, 0.29) is 5.41 Å². The third-order valence-corrected chi connectivity index (χ3v) is 13.1. The minimum atomic E-state index is -0.524. The van der Waals surface area contributed by atoms with Gasteiger partial charge in [-0.2, -0.15) is 0 Å². The molecule has 11 rings (SSSR count). The summed E-state index contributed by atoms with van der Waals surface area (Å²) < 4.78 is 10.7. The lowest BCUT2D eigenvalue weighted by atomic mass is 9.80. The van der Waals surface area contributed by atoms with Crippen LogP contribution >= 0.6 is 0 Å². The van der Waals surface area contributed by atoms with E-state index in [0.29, 0.717) is 18.8 Å². The number of ether oxygens (including phenoxy) is 2. The highest BCUT2D eigenvalue weighted by atomic mass is 16.5. The minimum absolute atomic E-state index is 0.228. The maximum atomic E-state index is 11.9. The SMILES string of the molecule is C=CC(=O)OCCc1cc2ccc3ccc(-c4ccc5c(c4)C(C)(C)c4cc(-c6ccc7ccc8cc(C(=C)OC(=O)C=C)cc9ccc6c7c89)ccc4-5)c4ccc(c1)c2c34. The zero-order valence-corrected chi connectivity index (χ0v) is 34.0. The Bertz CT molecular complexity index is 3510. The van der Waals surface area contributed by atoms with Crippen LogP contribution in [0.25, 0.3) is 104 Å². The van der Waals surface area contributed by atoms with Gasteiger partial charge in [0.1, 0.15) is 5.76 Å². The summed E-state index contributed by atoms with van der Waals surface area (Å²) >= 11 is 0. The number of fused-ring (bicyclic) bond motifs is 3. The smallest absolute Gasteiger partial charge is 0.335 e. The molecule has 0 atom stereocenters. The predicted octanol–water partition coefficient (Wildman–Crippen LogP) is 14.1. The Morgan fingerprint density at radius 1 is 0.525 bits per heavy atom. The summed E-state index contributed by atoms with van der Waals surface area (Å²) in [5.74, 6) is -0.617. The molecule has 61 heavy (non-hydrogen) atoms. The van der Waals surface area contributed by atoms with E-state index >= 15 is 0 Å². The predicted molar refractivity (Wildman–Crippen MR) is 252 cm³/mol. The quantitative estimate of drug-likeness (QED) is 0.0633. The summed E-state index contributed by atoms with van der Waals surface area (Å²) in [6.45, 7) is 16.1. The van der Waals surface area contributed by atoms with Crippen LogP contribution in [0.15, 0.2) is 165 Å². The van der Waals surface area contributed by atoms with Crippen molar-refractivity contribution in [2.45, 2.75) is 25.7 Å². The Kier molecular flexibility index (Phi) is 8.07. The largest absolute Gasteiger partial charge is 0.462 e. The molecule has 10 aromatic carbocycles. The van der Waals surface area contributed by atoms with Crippen LogP contribution in [0, 0.1) is 0 Å². The van der Waals surface area contributed by atoms with Gasteiger partial charge >= 0.3 is 11.9 Å². The van der Waals surface area contributed by atoms with E-state index in [1.165, 1.54) is 104 Å². The molecule has 0 saturated carbocycles. The van der Waals surface area contributed by atoms with Crippen LogP contribution in [0.2, 0.25) is 0 Å². The topological polar surface area (TPSA) is 52.6 Å². The molecule has 0 radical (unpaired) electrons. The molecule has 10 aromatic rings. The van der Waals surface area contributed by atoms with Gasteiger partial charge in [0, 0.05) is 29.6 Å². The van der Waals surface area contributed by atoms with E-state index in [9.17, 15) is 9.59 Å². The molecule has 1 aliphatic carbocycles. The lowest BCUT2D eigenvalue weighted by Gasteiger charge is -2.23. The van der Waals surface area contributed by atoms with Crippen molar-refractivity contribution >= 4 is 82.3 Å². The molecule has 0 heterocycles. The van der Waals surface area contributed by atoms with Crippen molar-refractivity contribution in [2.75, 3.05) is 6.61 Å². The third kappa shape index (κ3) is 5.59. The van der Waals surface area contributed by atoms with Crippen LogP contribution in [0.1, 0.15) is 36.1 Å². The van der Waals surface area contributed by atoms with E-state index in [1.54, 1.807) is 0 Å². The van der Waals surface area contributed by atoms with Crippen LogP contribution in [0.3, 0.4) is 0 Å². The van der Waals surface area contributed by atoms with Gasteiger partial charge in [-0.05, 0) is 139 Å². The molecule has 1 aliphatic rings. The monoisotopic (exact) mass is 788 g/mol. The van der Waals surface area contributed by atoms with Gasteiger partial charge in [-0.3, -0.25) is 0 Å². The van der Waals surface area contributed by atoms with Crippen LogP contribution < -0.4 is 0 Å². The first kappa shape index (κ1) is 36.5. The van der Waals surface area contributed by atoms with Crippen LogP contribution in [-0.2, 0) is 30.9 Å². The average molecular weight is 789 g/mol. The number of rotatable bonds is 9. The van der Waals surface area contributed by atoms with Gasteiger partial charge in [0.25, 0.3) is 0 Å². The van der Waals surface area contributed by atoms with E-state index in [4.69, 9.17) is 9.47 Å². The zero-order valence-electron chi connectivity index (χ0n) is 34.0. The summed E-state index contributed by atoms with van der Waals surface area (Å²) in [4.78, 5) is 23.6. The summed E-state index contributed by atoms with van der Waals surface area (Å²) in [5, 5.41) is 14.3. The fourth-order valence-electron chi connectivity index (χ4n) is 10.1. The molecule has 0 unspecified atom stereocenters. The molecule has 0 amide bonds. The number of esters is 2. The lowest BCUT2D eigenvalue weighted by Crippen LogP contribution is -2.15. The molecule has 0 bridgehead atoms. The number of carbonyl (C=O) groups excluding carboxylic acids is 2. The first-order chi connectivity index (χ1) is 29.6. The molecule has 292 valence electrons. The highest BCUT2D eigenvalue weighted by Gasteiger charge is 2.36. The summed E-state index contributed by atoms with van der Waals surface area (Å²) in [7, 11) is 0. The van der Waals surface area contributed by atoms with Crippen molar-refractivity contribution in [3.8, 4) is 33.4 Å². The molecule has 4 nitrogen and oxygen atoms in total. The van der Waals surface area contributed by atoms with E-state index < -0.39 is 11.9 Å². The maximum absolute atomic E-state index is 11.9. The van der Waals surface area contributed by atoms with Gasteiger partial charge in [0.2, 0.25) is 0 Å². The van der Waals surface area contributed by atoms with Crippen molar-refractivity contribution in [3.05, 3.63) is 188 Å². The maximum Gasteiger partial charge on any atom is 0.335 e. The third-order valence-electron chi connectivity index (χ3n) is 13.1. The Morgan fingerprint density at radius 2 is 0.967 bits per heavy atom. The van der Waals surface area contributed by atoms with Crippen molar-refractivity contribution in [2.24, 2.45) is 0 Å². The standard InChI is InChI=1S/C57H40O4/c1-6-51(58)60-25-24-33-26-38-10-8-34-12-18-43(47-22-16-39(27-33)53(38)55(34)47)36-14-20-45-46-21-15-37(31-50(46)57(4,5)49(45)30-36)44-19-13-35-9-11-40-28-42(32(3)61-52(59)7-2)29-41-17-23-48(44)56(35)54(40)41/h6-23,26-31H,1-3,24-25H2,4-5H3. The van der Waals surface area contributed by atoms with Crippen molar-refractivity contribution in [3.63, 3.8) is 0 Å². The Balaban J connectivity index is 0.964. The molecular weight excluding hydrogens is 749 g/mol. The molecular formula is C57H40O4. The Hall–Kier alpha value is -7.56. The van der Waals surface area contributed by atoms with Crippen LogP contribution in [0.5, 0.6) is 0 Å². The Morgan fingerprint density at radius 3 is 1.48 bits per heavy atom. The first-order valence-corrected chi connectivity index (χ1v) is 20.7. The van der Waals surface area contributed by atoms with E-state index in [1.807, 2.05) is 12.1 Å². The highest BCUT2D eigenvalue weighted by Crippen LogP contribution is 2.52. The zero-order chi connectivity index (χ0) is 41.7. The van der Waals surface area contributed by atoms with Crippen LogP contribution in [0.4, 0.5) is 0 Å². The van der Waals surface area contributed by atoms with Gasteiger partial charge < -0.3 is 9.47 Å². The van der Waals surface area contributed by atoms with Gasteiger partial charge in [-0.1, -0.05) is 143 Å². The fourth-order valence-corrected chi connectivity index (χ4v) is 10.1. The molecule has 0 fully saturated rings. The summed E-state index contributed by atoms with van der Waals surface area (Å²) in [5.41, 5.74) is 11.7. The summed E-state index contributed by atoms with van der Waals surface area (Å²) in [6.07, 6.45) is 3.00. The molecule has 0 aromatic heterocycles. The minimum Gasteiger partial charge on any atom is -0.462 e. The summed E-state index contributed by atoms with van der Waals surface area (Å²) in [6, 6.07) is 49.2. The second-order valence-corrected chi connectivity index (χ2v) is 16.8. The highest BCUT2D eigenvalue weighted by molar-refractivity contribution is 6.27. The van der Waals surface area contributed by atoms with Gasteiger partial charge in [0.15, 0.2) is 0 Å². The lowest BCUT2D eigenvalue weighted by molar-refractivity contribution is -0.137. The molecule has 0 spiro atoms. The van der Waals surface area contributed by atoms with Crippen LogP contribution in [-0.4, -0.2) is 18.5 Å². The second kappa shape index (κ2) is 13.5. The van der Waals surface area contributed by atoms with E-state index in [0.717, 1.165) is 28.0 Å². The van der Waals surface area contributed by atoms with Crippen molar-refractivity contribution < 1.29 is 19.1 Å². The average Bonchev–Trinajstić information content (AvgIpc) is 3.51. The Labute approximate surface area is 353 Å². The molecule has 0 aliphatic heterocycles. The van der Waals surface area contributed by atoms with E-state index in [2.05, 4.69) is 155 Å². The number of hydrogen-bond acceptors (Lipinski definition) is 4. The van der Waals surface area contributed by atoms with Crippen molar-refractivity contribution in [1.29, 1.82) is 0 Å². The molecule has 4 heteroatoms. The van der Waals surface area contributed by atoms with Gasteiger partial charge in [-0.15, -0.1) is 0 Å². The normalized spacial score (nSPS) is 13.0. The van der Waals surface area contributed by atoms with Gasteiger partial charge in [-0.25, -0.2) is 9.59 Å².